The lowest BCUT2D eigenvalue weighted by molar-refractivity contribution is 0.398. The fourth-order valence-corrected chi connectivity index (χ4v) is 1.93. The molecule has 1 N–H and O–H groups in total. The second-order valence-corrected chi connectivity index (χ2v) is 4.51. The Hall–Kier alpha value is -2.38. The molecule has 2 heterocycles. The largest absolute Gasteiger partial charge is 0.405 e. The minimum Gasteiger partial charge on any atom is -0.405 e. The van der Waals surface area contributed by atoms with Gasteiger partial charge in [-0.1, -0.05) is 0 Å². The fraction of sp³-hybridized carbons (Fsp3) is 0.538. The molecule has 0 aliphatic heterocycles. The van der Waals surface area contributed by atoms with Crippen LogP contribution in [0.25, 0.3) is 0 Å². The minimum absolute atomic E-state index is 0.249. The van der Waals surface area contributed by atoms with Crippen LogP contribution in [0.2, 0.25) is 0 Å². The number of nitrogens with zero attached hydrogens (tertiary/aromatic N) is 6. The maximum absolute atomic E-state index is 5.72. The molecule has 0 atom stereocenters. The van der Waals surface area contributed by atoms with Crippen LogP contribution in [-0.4, -0.2) is 44.9 Å². The molecule has 0 fully saturated rings. The predicted octanol–water partition coefficient (Wildman–Crippen LogP) is 1.59. The van der Waals surface area contributed by atoms with Crippen LogP contribution >= 0.6 is 0 Å². The maximum Gasteiger partial charge on any atom is 0.329 e. The van der Waals surface area contributed by atoms with Crippen LogP contribution in [0.3, 0.4) is 0 Å². The summed E-state index contributed by atoms with van der Waals surface area (Å²) in [5.74, 6) is 1.65. The molecule has 0 bridgehead atoms. The van der Waals surface area contributed by atoms with Gasteiger partial charge in [0.1, 0.15) is 0 Å². The van der Waals surface area contributed by atoms with Gasteiger partial charge in [-0.05, 0) is 20.8 Å². The molecule has 0 aliphatic rings. The SMILES string of the molecule is CCN(CC)c1nc(NC)nc(Oc2cc(C)nn2C)n1. The molecule has 2 aromatic rings. The lowest BCUT2D eigenvalue weighted by Gasteiger charge is -2.19. The summed E-state index contributed by atoms with van der Waals surface area (Å²) in [4.78, 5) is 15.0. The first-order chi connectivity index (χ1) is 10.1. The van der Waals surface area contributed by atoms with Crippen LogP contribution in [0.4, 0.5) is 11.9 Å². The molecule has 0 amide bonds. The number of aryl methyl sites for hydroxylation is 2. The number of anilines is 2. The monoisotopic (exact) mass is 291 g/mol. The average Bonchev–Trinajstić information content (AvgIpc) is 2.78. The van der Waals surface area contributed by atoms with E-state index in [1.165, 1.54) is 0 Å². The predicted molar refractivity (Wildman–Crippen MR) is 81.0 cm³/mol. The van der Waals surface area contributed by atoms with Gasteiger partial charge in [0.05, 0.1) is 5.69 Å². The van der Waals surface area contributed by atoms with E-state index in [0.717, 1.165) is 18.8 Å². The topological polar surface area (TPSA) is 81.0 Å². The lowest BCUT2D eigenvalue weighted by Crippen LogP contribution is -2.25. The van der Waals surface area contributed by atoms with Gasteiger partial charge in [-0.2, -0.15) is 20.1 Å². The number of ether oxygens (including phenoxy) is 1. The van der Waals surface area contributed by atoms with Gasteiger partial charge >= 0.3 is 6.01 Å². The molecule has 0 saturated heterocycles. The van der Waals surface area contributed by atoms with E-state index in [1.807, 2.05) is 24.9 Å². The van der Waals surface area contributed by atoms with E-state index in [9.17, 15) is 0 Å². The Morgan fingerprint density at radius 3 is 2.48 bits per heavy atom. The summed E-state index contributed by atoms with van der Waals surface area (Å²) in [6.07, 6.45) is 0. The molecule has 114 valence electrons. The van der Waals surface area contributed by atoms with E-state index in [2.05, 4.69) is 39.2 Å². The summed E-state index contributed by atoms with van der Waals surface area (Å²) in [5, 5.41) is 7.16. The number of nitrogens with one attached hydrogen (secondary N) is 1. The second kappa shape index (κ2) is 6.38. The van der Waals surface area contributed by atoms with Crippen molar-refractivity contribution in [2.24, 2.45) is 7.05 Å². The molecule has 0 saturated carbocycles. The highest BCUT2D eigenvalue weighted by molar-refractivity contribution is 5.38. The van der Waals surface area contributed by atoms with Crippen LogP contribution in [0.5, 0.6) is 11.9 Å². The quantitative estimate of drug-likeness (QED) is 0.865. The molecule has 0 aromatic carbocycles. The van der Waals surface area contributed by atoms with Crippen molar-refractivity contribution in [1.29, 1.82) is 0 Å². The maximum atomic E-state index is 5.72. The summed E-state index contributed by atoms with van der Waals surface area (Å²) in [5.41, 5.74) is 0.874. The van der Waals surface area contributed by atoms with E-state index in [1.54, 1.807) is 11.7 Å². The van der Waals surface area contributed by atoms with E-state index in [4.69, 9.17) is 4.74 Å². The molecule has 0 radical (unpaired) electrons. The smallest absolute Gasteiger partial charge is 0.329 e. The summed E-state index contributed by atoms with van der Waals surface area (Å²) < 4.78 is 7.37. The van der Waals surface area contributed by atoms with Crippen molar-refractivity contribution in [3.05, 3.63) is 11.8 Å². The van der Waals surface area contributed by atoms with Crippen LogP contribution < -0.4 is 15.0 Å². The highest BCUT2D eigenvalue weighted by Gasteiger charge is 2.13. The molecule has 2 aromatic heterocycles. The van der Waals surface area contributed by atoms with Gasteiger partial charge in [-0.25, -0.2) is 4.68 Å². The van der Waals surface area contributed by atoms with Crippen molar-refractivity contribution in [1.82, 2.24) is 24.7 Å². The number of hydrogen-bond donors (Lipinski definition) is 1. The summed E-state index contributed by atoms with van der Waals surface area (Å²) in [6, 6.07) is 2.08. The number of aromatic nitrogens is 5. The third kappa shape index (κ3) is 3.39. The van der Waals surface area contributed by atoms with Crippen LogP contribution in [0.15, 0.2) is 6.07 Å². The van der Waals surface area contributed by atoms with Crippen molar-refractivity contribution in [3.8, 4) is 11.9 Å². The summed E-state index contributed by atoms with van der Waals surface area (Å²) in [6.45, 7) is 7.64. The Morgan fingerprint density at radius 1 is 1.24 bits per heavy atom. The van der Waals surface area contributed by atoms with Gasteiger partial charge in [-0.3, -0.25) is 0 Å². The molecule has 2 rings (SSSR count). The van der Waals surface area contributed by atoms with Crippen molar-refractivity contribution in [3.63, 3.8) is 0 Å². The first-order valence-electron chi connectivity index (χ1n) is 6.94. The summed E-state index contributed by atoms with van der Waals surface area (Å²) in [7, 11) is 3.58. The Bertz CT molecular complexity index is 607. The van der Waals surface area contributed by atoms with Crippen molar-refractivity contribution in [2.45, 2.75) is 20.8 Å². The van der Waals surface area contributed by atoms with Crippen molar-refractivity contribution >= 4 is 11.9 Å². The van der Waals surface area contributed by atoms with Crippen LogP contribution in [0, 0.1) is 6.92 Å². The molecule has 0 aliphatic carbocycles. The van der Waals surface area contributed by atoms with Gasteiger partial charge < -0.3 is 15.0 Å². The van der Waals surface area contributed by atoms with Crippen LogP contribution in [0.1, 0.15) is 19.5 Å². The van der Waals surface area contributed by atoms with E-state index < -0.39 is 0 Å². The van der Waals surface area contributed by atoms with E-state index >= 15 is 0 Å². The Balaban J connectivity index is 2.34. The Kier molecular flexibility index (Phi) is 4.56. The zero-order valence-electron chi connectivity index (χ0n) is 13.1. The molecular weight excluding hydrogens is 270 g/mol. The second-order valence-electron chi connectivity index (χ2n) is 4.51. The zero-order valence-corrected chi connectivity index (χ0v) is 13.1. The van der Waals surface area contributed by atoms with E-state index in [0.29, 0.717) is 17.8 Å². The third-order valence-corrected chi connectivity index (χ3v) is 3.03. The molecule has 21 heavy (non-hydrogen) atoms. The number of hydrogen-bond acceptors (Lipinski definition) is 7. The molecule has 8 heteroatoms. The van der Waals surface area contributed by atoms with Gasteiger partial charge in [0.15, 0.2) is 0 Å². The Labute approximate surface area is 124 Å². The van der Waals surface area contributed by atoms with Gasteiger partial charge in [0, 0.05) is 33.3 Å². The van der Waals surface area contributed by atoms with E-state index in [-0.39, 0.29) is 6.01 Å². The molecular formula is C13H21N7O. The van der Waals surface area contributed by atoms with Gasteiger partial charge in [-0.15, -0.1) is 0 Å². The first-order valence-corrected chi connectivity index (χ1v) is 6.94. The standard InChI is InChI=1S/C13H21N7O/c1-6-20(7-2)12-15-11(14-4)16-13(17-12)21-10-8-9(3)18-19(10)5/h8H,6-7H2,1-5H3,(H,14,15,16,17). The third-order valence-electron chi connectivity index (χ3n) is 3.03. The van der Waals surface area contributed by atoms with Crippen molar-refractivity contribution in [2.75, 3.05) is 30.4 Å². The highest BCUT2D eigenvalue weighted by atomic mass is 16.5. The average molecular weight is 291 g/mol. The first kappa shape index (κ1) is 15.0. The normalized spacial score (nSPS) is 10.5. The molecule has 8 nitrogen and oxygen atoms in total. The van der Waals surface area contributed by atoms with Crippen LogP contribution in [-0.2, 0) is 7.05 Å². The fourth-order valence-electron chi connectivity index (χ4n) is 1.93. The molecule has 0 spiro atoms. The Morgan fingerprint density at radius 2 is 1.95 bits per heavy atom. The minimum atomic E-state index is 0.249. The number of rotatable bonds is 6. The van der Waals surface area contributed by atoms with Crippen molar-refractivity contribution < 1.29 is 4.74 Å². The van der Waals surface area contributed by atoms with Gasteiger partial charge in [0.2, 0.25) is 17.8 Å². The molecule has 0 unspecified atom stereocenters. The zero-order chi connectivity index (χ0) is 15.4. The summed E-state index contributed by atoms with van der Waals surface area (Å²) >= 11 is 0. The van der Waals surface area contributed by atoms with Gasteiger partial charge in [0.25, 0.3) is 0 Å². The highest BCUT2D eigenvalue weighted by Crippen LogP contribution is 2.21. The lowest BCUT2D eigenvalue weighted by atomic mass is 10.5.